The van der Waals surface area contributed by atoms with Crippen LogP contribution in [0.3, 0.4) is 0 Å². The Kier molecular flexibility index (Phi) is 12.4. The van der Waals surface area contributed by atoms with Gasteiger partial charge in [0.1, 0.15) is 30.6 Å². The van der Waals surface area contributed by atoms with E-state index in [9.17, 15) is 14.4 Å². The first-order chi connectivity index (χ1) is 16.3. The van der Waals surface area contributed by atoms with Gasteiger partial charge in [0.2, 0.25) is 0 Å². The Morgan fingerprint density at radius 2 is 1.71 bits per heavy atom. The van der Waals surface area contributed by atoms with Crippen LogP contribution in [0.1, 0.15) is 46.6 Å². The summed E-state index contributed by atoms with van der Waals surface area (Å²) in [6.45, 7) is 11.6. The molecule has 2 atom stereocenters. The van der Waals surface area contributed by atoms with Crippen molar-refractivity contribution in [2.24, 2.45) is 11.1 Å². The number of nitrogens with two attached hydrogens (primary N) is 1. The van der Waals surface area contributed by atoms with E-state index < -0.39 is 35.2 Å². The summed E-state index contributed by atoms with van der Waals surface area (Å²) in [4.78, 5) is 40.1. The second-order valence-electron chi connectivity index (χ2n) is 10.4. The van der Waals surface area contributed by atoms with Crippen LogP contribution in [0.15, 0.2) is 30.3 Å². The van der Waals surface area contributed by atoms with Crippen molar-refractivity contribution in [3.63, 3.8) is 0 Å². The van der Waals surface area contributed by atoms with Gasteiger partial charge in [0.15, 0.2) is 0 Å². The lowest BCUT2D eigenvalue weighted by Crippen LogP contribution is -2.57. The van der Waals surface area contributed by atoms with E-state index in [-0.39, 0.29) is 6.61 Å². The van der Waals surface area contributed by atoms with Gasteiger partial charge in [-0.3, -0.25) is 14.6 Å². The van der Waals surface area contributed by atoms with Crippen molar-refractivity contribution < 1.29 is 28.6 Å². The largest absolute Gasteiger partial charge is 0.460 e. The van der Waals surface area contributed by atoms with Crippen LogP contribution in [-0.2, 0) is 30.4 Å². The molecule has 2 N–H and O–H groups in total. The summed E-state index contributed by atoms with van der Waals surface area (Å²) in [6.07, 6.45) is 0.957. The van der Waals surface area contributed by atoms with Crippen LogP contribution in [0, 0.1) is 5.41 Å². The molecule has 1 heterocycles. The third kappa shape index (κ3) is 10.8. The van der Waals surface area contributed by atoms with Crippen LogP contribution >= 0.6 is 0 Å². The summed E-state index contributed by atoms with van der Waals surface area (Å²) in [5.74, 6) is -0.431. The van der Waals surface area contributed by atoms with Gasteiger partial charge in [-0.05, 0) is 44.7 Å². The Morgan fingerprint density at radius 1 is 1.11 bits per heavy atom. The second-order valence-corrected chi connectivity index (χ2v) is 10.4. The van der Waals surface area contributed by atoms with Crippen LogP contribution in [0.25, 0.3) is 0 Å². The highest BCUT2D eigenvalue weighted by Gasteiger charge is 2.36. The fraction of sp³-hybridized carbons (Fsp3) is 0.654. The number of hydrogen-bond acceptors (Lipinski definition) is 8. The molecular formula is C26H43N3O6. The third-order valence-electron chi connectivity index (χ3n) is 5.68. The summed E-state index contributed by atoms with van der Waals surface area (Å²) in [5, 5.41) is 0. The monoisotopic (exact) mass is 493 g/mol. The second kappa shape index (κ2) is 14.2. The summed E-state index contributed by atoms with van der Waals surface area (Å²) >= 11 is 0. The van der Waals surface area contributed by atoms with Crippen LogP contribution in [-0.4, -0.2) is 86.2 Å². The Hall–Kier alpha value is -2.49. The smallest absolute Gasteiger partial charge is 0.410 e. The average molecular weight is 494 g/mol. The Balaban J connectivity index is 0.00000194. The molecule has 0 aliphatic carbocycles. The van der Waals surface area contributed by atoms with Crippen molar-refractivity contribution in [2.45, 2.75) is 65.3 Å². The van der Waals surface area contributed by atoms with Crippen LogP contribution in [0.5, 0.6) is 0 Å². The number of ether oxygens (including phenoxy) is 3. The zero-order valence-corrected chi connectivity index (χ0v) is 22.3. The first-order valence-corrected chi connectivity index (χ1v) is 11.9. The number of aldehydes is 1. The van der Waals surface area contributed by atoms with Crippen molar-refractivity contribution in [1.29, 1.82) is 0 Å². The van der Waals surface area contributed by atoms with Gasteiger partial charge in [0.25, 0.3) is 0 Å². The number of carbonyl (C=O) groups is 3. The lowest BCUT2D eigenvalue weighted by atomic mass is 9.81. The number of carbonyl (C=O) groups excluding carboxylic acids is 3. The van der Waals surface area contributed by atoms with Gasteiger partial charge >= 0.3 is 12.1 Å². The molecule has 1 saturated heterocycles. The zero-order chi connectivity index (χ0) is 26.6. The molecule has 2 rings (SSSR count). The van der Waals surface area contributed by atoms with Gasteiger partial charge in [0.05, 0.1) is 0 Å². The molecule has 0 radical (unpaired) electrons. The van der Waals surface area contributed by atoms with E-state index >= 15 is 0 Å². The molecule has 1 fully saturated rings. The SMILES string of the molecule is CC(C)(C)OC(=O)N1CCN(CCC(C)(C)C(N)C(=O)OCc2ccccc2)CC1C=O.COC. The molecule has 9 heteroatoms. The number of piperazine rings is 1. The third-order valence-corrected chi connectivity index (χ3v) is 5.68. The zero-order valence-electron chi connectivity index (χ0n) is 22.3. The van der Waals surface area contributed by atoms with Crippen molar-refractivity contribution in [3.05, 3.63) is 35.9 Å². The number of esters is 1. The molecule has 1 aromatic rings. The van der Waals surface area contributed by atoms with Gasteiger partial charge in [-0.1, -0.05) is 44.2 Å². The van der Waals surface area contributed by atoms with Gasteiger partial charge in [-0.25, -0.2) is 4.79 Å². The maximum Gasteiger partial charge on any atom is 0.410 e. The number of methoxy groups -OCH3 is 1. The first-order valence-electron chi connectivity index (χ1n) is 11.9. The summed E-state index contributed by atoms with van der Waals surface area (Å²) in [7, 11) is 3.25. The van der Waals surface area contributed by atoms with Crippen molar-refractivity contribution in [3.8, 4) is 0 Å². The molecule has 1 aliphatic rings. The summed E-state index contributed by atoms with van der Waals surface area (Å²) in [6, 6.07) is 8.14. The van der Waals surface area contributed by atoms with Crippen molar-refractivity contribution in [1.82, 2.24) is 9.80 Å². The normalized spacial score (nSPS) is 17.6. The van der Waals surface area contributed by atoms with Gasteiger partial charge in [-0.15, -0.1) is 0 Å². The minimum Gasteiger partial charge on any atom is -0.460 e. The molecule has 1 amide bonds. The van der Waals surface area contributed by atoms with Crippen LogP contribution in [0.4, 0.5) is 4.79 Å². The summed E-state index contributed by atoms with van der Waals surface area (Å²) in [5.41, 5.74) is 6.03. The Bertz CT molecular complexity index is 794. The molecule has 35 heavy (non-hydrogen) atoms. The quantitative estimate of drug-likeness (QED) is 0.435. The van der Waals surface area contributed by atoms with Crippen LogP contribution < -0.4 is 5.73 Å². The molecule has 0 aromatic heterocycles. The molecule has 0 spiro atoms. The minimum absolute atomic E-state index is 0.192. The van der Waals surface area contributed by atoms with Gasteiger partial charge < -0.3 is 24.7 Å². The Labute approximate surface area is 209 Å². The number of hydrogen-bond donors (Lipinski definition) is 1. The Morgan fingerprint density at radius 3 is 2.26 bits per heavy atom. The lowest BCUT2D eigenvalue weighted by Gasteiger charge is -2.40. The average Bonchev–Trinajstić information content (AvgIpc) is 2.80. The molecule has 1 aliphatic heterocycles. The van der Waals surface area contributed by atoms with E-state index in [0.29, 0.717) is 32.6 Å². The highest BCUT2D eigenvalue weighted by Crippen LogP contribution is 2.26. The molecule has 0 bridgehead atoms. The molecule has 1 aromatic carbocycles. The fourth-order valence-electron chi connectivity index (χ4n) is 3.48. The first kappa shape index (κ1) is 30.5. The topological polar surface area (TPSA) is 111 Å². The predicted molar refractivity (Wildman–Crippen MR) is 135 cm³/mol. The van der Waals surface area contributed by atoms with E-state index in [0.717, 1.165) is 11.8 Å². The van der Waals surface area contributed by atoms with Gasteiger partial charge in [0, 0.05) is 33.9 Å². The molecule has 0 saturated carbocycles. The number of amides is 1. The highest BCUT2D eigenvalue weighted by molar-refractivity contribution is 5.76. The van der Waals surface area contributed by atoms with E-state index in [1.54, 1.807) is 35.0 Å². The standard InChI is InChI=1S/C24H37N3O5.C2H6O/c1-23(2,3)32-22(30)27-14-13-26(15-19(27)16-28)12-11-24(4,5)20(25)21(29)31-17-18-9-7-6-8-10-18;1-3-2/h6-10,16,19-20H,11-15,17,25H2,1-5H3;1-2H3. The molecule has 198 valence electrons. The van der Waals surface area contributed by atoms with E-state index in [1.165, 1.54) is 4.90 Å². The number of rotatable bonds is 8. The van der Waals surface area contributed by atoms with Crippen molar-refractivity contribution in [2.75, 3.05) is 40.4 Å². The highest BCUT2D eigenvalue weighted by atomic mass is 16.6. The molecule has 9 nitrogen and oxygen atoms in total. The summed E-state index contributed by atoms with van der Waals surface area (Å²) < 4.78 is 15.1. The lowest BCUT2D eigenvalue weighted by molar-refractivity contribution is -0.149. The number of nitrogens with zero attached hydrogens (tertiary/aromatic N) is 2. The minimum atomic E-state index is -0.767. The maximum absolute atomic E-state index is 12.5. The fourth-order valence-corrected chi connectivity index (χ4v) is 3.48. The maximum atomic E-state index is 12.5. The van der Waals surface area contributed by atoms with Crippen molar-refractivity contribution >= 4 is 18.3 Å². The van der Waals surface area contributed by atoms with E-state index in [2.05, 4.69) is 9.64 Å². The molecular weight excluding hydrogens is 450 g/mol. The van der Waals surface area contributed by atoms with Crippen LogP contribution in [0.2, 0.25) is 0 Å². The predicted octanol–water partition coefficient (Wildman–Crippen LogP) is 2.86. The molecule has 2 unspecified atom stereocenters. The van der Waals surface area contributed by atoms with E-state index in [4.69, 9.17) is 15.2 Å². The van der Waals surface area contributed by atoms with Gasteiger partial charge in [-0.2, -0.15) is 0 Å². The van der Waals surface area contributed by atoms with E-state index in [1.807, 2.05) is 44.2 Å². The number of benzene rings is 1.